The van der Waals surface area contributed by atoms with Crippen LogP contribution in [0.2, 0.25) is 0 Å². The molecule has 0 unspecified atom stereocenters. The predicted octanol–water partition coefficient (Wildman–Crippen LogP) is 2.03. The Labute approximate surface area is 116 Å². The molecule has 1 rings (SSSR count). The van der Waals surface area contributed by atoms with E-state index < -0.39 is 5.97 Å². The molecule has 104 valence electrons. The van der Waals surface area contributed by atoms with E-state index in [0.29, 0.717) is 6.54 Å². The molecule has 1 heterocycles. The van der Waals surface area contributed by atoms with Crippen LogP contribution in [0.25, 0.3) is 6.08 Å². The summed E-state index contributed by atoms with van der Waals surface area (Å²) in [5.74, 6) is -1.09. The minimum absolute atomic E-state index is 0.221. The zero-order valence-electron chi connectivity index (χ0n) is 11.3. The van der Waals surface area contributed by atoms with Gasteiger partial charge in [0.2, 0.25) is 5.91 Å². The predicted molar refractivity (Wildman–Crippen MR) is 74.9 cm³/mol. The minimum atomic E-state index is -1.01. The number of carbonyl (C=O) groups excluding carboxylic acids is 1. The topological polar surface area (TPSA) is 70.5 Å². The highest BCUT2D eigenvalue weighted by Gasteiger charge is 2.15. The largest absolute Gasteiger partial charge is 0.480 e. The molecule has 5 nitrogen and oxygen atoms in total. The van der Waals surface area contributed by atoms with Gasteiger partial charge in [-0.15, -0.1) is 11.3 Å². The van der Waals surface area contributed by atoms with E-state index >= 15 is 0 Å². The van der Waals surface area contributed by atoms with E-state index in [-0.39, 0.29) is 18.4 Å². The van der Waals surface area contributed by atoms with E-state index in [1.807, 2.05) is 26.2 Å². The standard InChI is InChI=1S/C13H18N2O3S/c1-9(2)6-15(7-13(17)18)12(16)5-4-11-8-19-10(3)14-11/h4-5,8-9H,6-7H2,1-3H3,(H,17,18). The van der Waals surface area contributed by atoms with Crippen molar-refractivity contribution in [3.05, 3.63) is 22.2 Å². The highest BCUT2D eigenvalue weighted by molar-refractivity contribution is 7.09. The number of carbonyl (C=O) groups is 2. The van der Waals surface area contributed by atoms with Crippen LogP contribution in [0.15, 0.2) is 11.5 Å². The first-order valence-electron chi connectivity index (χ1n) is 5.99. The quantitative estimate of drug-likeness (QED) is 0.810. The average molecular weight is 282 g/mol. The van der Waals surface area contributed by atoms with Crippen molar-refractivity contribution in [1.29, 1.82) is 0 Å². The molecule has 0 atom stereocenters. The van der Waals surface area contributed by atoms with Gasteiger partial charge >= 0.3 is 5.97 Å². The Balaban J connectivity index is 2.70. The van der Waals surface area contributed by atoms with Crippen molar-refractivity contribution >= 4 is 29.3 Å². The van der Waals surface area contributed by atoms with Crippen molar-refractivity contribution in [1.82, 2.24) is 9.88 Å². The van der Waals surface area contributed by atoms with Crippen molar-refractivity contribution in [3.63, 3.8) is 0 Å². The van der Waals surface area contributed by atoms with Crippen LogP contribution in [0.1, 0.15) is 24.5 Å². The van der Waals surface area contributed by atoms with Crippen molar-refractivity contribution in [3.8, 4) is 0 Å². The molecule has 19 heavy (non-hydrogen) atoms. The normalized spacial score (nSPS) is 11.2. The van der Waals surface area contributed by atoms with E-state index in [4.69, 9.17) is 5.11 Å². The summed E-state index contributed by atoms with van der Waals surface area (Å²) in [6, 6.07) is 0. The molecule has 0 fully saturated rings. The van der Waals surface area contributed by atoms with Gasteiger partial charge in [-0.05, 0) is 18.9 Å². The molecule has 6 heteroatoms. The molecule has 0 spiro atoms. The van der Waals surface area contributed by atoms with E-state index in [9.17, 15) is 9.59 Å². The lowest BCUT2D eigenvalue weighted by Crippen LogP contribution is -2.37. The molecular formula is C13H18N2O3S. The molecule has 0 saturated carbocycles. The van der Waals surface area contributed by atoms with Gasteiger partial charge in [-0.1, -0.05) is 13.8 Å². The Hall–Kier alpha value is -1.69. The van der Waals surface area contributed by atoms with Gasteiger partial charge in [0.25, 0.3) is 0 Å². The molecule has 0 radical (unpaired) electrons. The van der Waals surface area contributed by atoms with Gasteiger partial charge in [0.05, 0.1) is 10.7 Å². The number of carboxylic acid groups (broad SMARTS) is 1. The van der Waals surface area contributed by atoms with Crippen LogP contribution in [0.5, 0.6) is 0 Å². The van der Waals surface area contributed by atoms with Crippen LogP contribution in [0, 0.1) is 12.8 Å². The summed E-state index contributed by atoms with van der Waals surface area (Å²) in [6.07, 6.45) is 2.99. The third-order valence-electron chi connectivity index (χ3n) is 2.26. The number of aliphatic carboxylic acids is 1. The molecule has 0 saturated heterocycles. The lowest BCUT2D eigenvalue weighted by Gasteiger charge is -2.20. The second-order valence-electron chi connectivity index (χ2n) is 4.63. The number of hydrogen-bond acceptors (Lipinski definition) is 4. The first-order valence-corrected chi connectivity index (χ1v) is 6.87. The maximum atomic E-state index is 11.9. The van der Waals surface area contributed by atoms with E-state index in [2.05, 4.69) is 4.98 Å². The first-order chi connectivity index (χ1) is 8.88. The highest BCUT2D eigenvalue weighted by Crippen LogP contribution is 2.09. The fourth-order valence-corrected chi connectivity index (χ4v) is 2.14. The molecular weight excluding hydrogens is 264 g/mol. The monoisotopic (exact) mass is 282 g/mol. The number of amides is 1. The SMILES string of the molecule is Cc1nc(C=CC(=O)N(CC(=O)O)CC(C)C)cs1. The van der Waals surface area contributed by atoms with Crippen LogP contribution in [0.4, 0.5) is 0 Å². The molecule has 0 aliphatic rings. The van der Waals surface area contributed by atoms with Crippen LogP contribution >= 0.6 is 11.3 Å². The molecule has 1 N–H and O–H groups in total. The van der Waals surface area contributed by atoms with Crippen molar-refractivity contribution in [2.24, 2.45) is 5.92 Å². The summed E-state index contributed by atoms with van der Waals surface area (Å²) in [5.41, 5.74) is 0.718. The molecule has 1 aromatic heterocycles. The summed E-state index contributed by atoms with van der Waals surface area (Å²) in [5, 5.41) is 11.6. The van der Waals surface area contributed by atoms with E-state index in [1.54, 1.807) is 6.08 Å². The lowest BCUT2D eigenvalue weighted by molar-refractivity contribution is -0.143. The maximum absolute atomic E-state index is 11.9. The number of hydrogen-bond donors (Lipinski definition) is 1. The molecule has 0 aromatic carbocycles. The number of aryl methyl sites for hydroxylation is 1. The second kappa shape index (κ2) is 7.04. The number of rotatable bonds is 6. The van der Waals surface area contributed by atoms with Gasteiger partial charge in [-0.25, -0.2) is 4.98 Å². The zero-order chi connectivity index (χ0) is 14.4. The van der Waals surface area contributed by atoms with Gasteiger partial charge in [0.1, 0.15) is 6.54 Å². The van der Waals surface area contributed by atoms with E-state index in [1.165, 1.54) is 22.3 Å². The Bertz CT molecular complexity index is 480. The Kier molecular flexibility index (Phi) is 5.69. The van der Waals surface area contributed by atoms with E-state index in [0.717, 1.165) is 10.7 Å². The number of carboxylic acids is 1. The smallest absolute Gasteiger partial charge is 0.323 e. The van der Waals surface area contributed by atoms with Gasteiger partial charge in [0, 0.05) is 18.0 Å². The van der Waals surface area contributed by atoms with Crippen LogP contribution < -0.4 is 0 Å². The van der Waals surface area contributed by atoms with Crippen molar-refractivity contribution < 1.29 is 14.7 Å². The summed E-state index contributed by atoms with van der Waals surface area (Å²) in [4.78, 5) is 28.2. The lowest BCUT2D eigenvalue weighted by atomic mass is 10.2. The Morgan fingerprint density at radius 3 is 2.68 bits per heavy atom. The second-order valence-corrected chi connectivity index (χ2v) is 5.69. The fourth-order valence-electron chi connectivity index (χ4n) is 1.56. The molecule has 1 amide bonds. The fraction of sp³-hybridized carbons (Fsp3) is 0.462. The molecule has 0 aliphatic carbocycles. The Morgan fingerprint density at radius 2 is 2.21 bits per heavy atom. The zero-order valence-corrected chi connectivity index (χ0v) is 12.1. The van der Waals surface area contributed by atoms with Gasteiger partial charge in [-0.2, -0.15) is 0 Å². The third kappa shape index (κ3) is 5.65. The Morgan fingerprint density at radius 1 is 1.53 bits per heavy atom. The first kappa shape index (κ1) is 15.4. The van der Waals surface area contributed by atoms with Crippen molar-refractivity contribution in [2.75, 3.05) is 13.1 Å². The minimum Gasteiger partial charge on any atom is -0.480 e. The molecule has 1 aromatic rings. The molecule has 0 bridgehead atoms. The van der Waals surface area contributed by atoms with Gasteiger partial charge < -0.3 is 10.0 Å². The highest BCUT2D eigenvalue weighted by atomic mass is 32.1. The summed E-state index contributed by atoms with van der Waals surface area (Å²) in [7, 11) is 0. The van der Waals surface area contributed by atoms with Gasteiger partial charge in [0.15, 0.2) is 0 Å². The average Bonchev–Trinajstić information content (AvgIpc) is 2.70. The molecule has 0 aliphatic heterocycles. The van der Waals surface area contributed by atoms with Crippen LogP contribution in [0.3, 0.4) is 0 Å². The summed E-state index contributed by atoms with van der Waals surface area (Å²) < 4.78 is 0. The maximum Gasteiger partial charge on any atom is 0.323 e. The van der Waals surface area contributed by atoms with Crippen LogP contribution in [-0.2, 0) is 9.59 Å². The van der Waals surface area contributed by atoms with Gasteiger partial charge in [-0.3, -0.25) is 9.59 Å². The third-order valence-corrected chi connectivity index (χ3v) is 3.05. The number of aromatic nitrogens is 1. The summed E-state index contributed by atoms with van der Waals surface area (Å²) >= 11 is 1.50. The van der Waals surface area contributed by atoms with Crippen LogP contribution in [-0.4, -0.2) is 40.0 Å². The summed E-state index contributed by atoms with van der Waals surface area (Å²) in [6.45, 7) is 5.91. The number of thiazole rings is 1. The van der Waals surface area contributed by atoms with Crippen molar-refractivity contribution in [2.45, 2.75) is 20.8 Å². The number of nitrogens with zero attached hydrogens (tertiary/aromatic N) is 2.